The molecule has 0 unspecified atom stereocenters. The Morgan fingerprint density at radius 2 is 1.05 bits per heavy atom. The monoisotopic (exact) mass is 756 g/mol. The van der Waals surface area contributed by atoms with Crippen molar-refractivity contribution in [2.24, 2.45) is 0 Å². The quantitative estimate of drug-likeness (QED) is 0.175. The molecule has 1 aliphatic carbocycles. The minimum absolute atomic E-state index is 0.108. The molecular weight excluding hydrogens is 721 g/mol. The van der Waals surface area contributed by atoms with E-state index < -0.39 is 0 Å². The zero-order chi connectivity index (χ0) is 39.2. The first-order valence-electron chi connectivity index (χ1n) is 20.1. The number of hydrogen-bond acceptors (Lipinski definition) is 4. The number of furan rings is 1. The van der Waals surface area contributed by atoms with Gasteiger partial charge in [0.25, 0.3) is 0 Å². The summed E-state index contributed by atoms with van der Waals surface area (Å²) in [4.78, 5) is 15.3. The van der Waals surface area contributed by atoms with Crippen molar-refractivity contribution in [2.45, 2.75) is 19.3 Å². The van der Waals surface area contributed by atoms with Gasteiger partial charge in [-0.15, -0.1) is 0 Å². The number of fused-ring (bicyclic) bond motifs is 10. The predicted octanol–water partition coefficient (Wildman–Crippen LogP) is 13.8. The fraction of sp³-hybridized carbons (Fsp3) is 0.0556. The van der Waals surface area contributed by atoms with E-state index in [4.69, 9.17) is 19.4 Å². The maximum atomic E-state index is 6.94. The molecule has 8 aromatic carbocycles. The molecule has 5 nitrogen and oxygen atoms in total. The molecule has 278 valence electrons. The summed E-state index contributed by atoms with van der Waals surface area (Å²) in [5, 5.41) is 4.51. The third-order valence-electron chi connectivity index (χ3n) is 12.2. The maximum absolute atomic E-state index is 6.94. The first kappa shape index (κ1) is 33.5. The molecule has 0 bridgehead atoms. The Bertz CT molecular complexity index is 3470. The van der Waals surface area contributed by atoms with Crippen molar-refractivity contribution in [3.63, 3.8) is 0 Å². The molecular formula is C54H36N4O. The Morgan fingerprint density at radius 1 is 0.424 bits per heavy atom. The van der Waals surface area contributed by atoms with Crippen molar-refractivity contribution in [3.8, 4) is 62.1 Å². The fourth-order valence-corrected chi connectivity index (χ4v) is 9.36. The van der Waals surface area contributed by atoms with Crippen LogP contribution in [0.4, 0.5) is 0 Å². The van der Waals surface area contributed by atoms with Gasteiger partial charge in [-0.05, 0) is 81.9 Å². The fourth-order valence-electron chi connectivity index (χ4n) is 9.36. The van der Waals surface area contributed by atoms with Gasteiger partial charge in [-0.2, -0.15) is 0 Å². The van der Waals surface area contributed by atoms with Gasteiger partial charge in [0, 0.05) is 44.0 Å². The molecule has 3 aromatic heterocycles. The van der Waals surface area contributed by atoms with Gasteiger partial charge in [0.2, 0.25) is 0 Å². The van der Waals surface area contributed by atoms with Gasteiger partial charge in [-0.3, -0.25) is 0 Å². The molecule has 0 atom stereocenters. The number of aromatic nitrogens is 4. The Kier molecular flexibility index (Phi) is 7.20. The van der Waals surface area contributed by atoms with Gasteiger partial charge in [0.15, 0.2) is 17.5 Å². The van der Waals surface area contributed by atoms with Crippen LogP contribution in [0, 0.1) is 0 Å². The smallest absolute Gasteiger partial charge is 0.164 e. The van der Waals surface area contributed by atoms with Crippen molar-refractivity contribution < 1.29 is 4.42 Å². The summed E-state index contributed by atoms with van der Waals surface area (Å²) in [6.07, 6.45) is 0. The van der Waals surface area contributed by atoms with E-state index in [9.17, 15) is 0 Å². The number of nitrogens with zero attached hydrogens (tertiary/aromatic N) is 4. The molecule has 0 spiro atoms. The zero-order valence-corrected chi connectivity index (χ0v) is 32.5. The van der Waals surface area contributed by atoms with Gasteiger partial charge < -0.3 is 8.98 Å². The van der Waals surface area contributed by atoms with Crippen LogP contribution >= 0.6 is 0 Å². The molecule has 3 heterocycles. The molecule has 1 aliphatic rings. The van der Waals surface area contributed by atoms with E-state index in [1.54, 1.807) is 0 Å². The lowest BCUT2D eigenvalue weighted by molar-refractivity contribution is 0.649. The molecule has 5 heteroatoms. The number of para-hydroxylation sites is 1. The molecule has 0 aliphatic heterocycles. The van der Waals surface area contributed by atoms with Crippen LogP contribution in [-0.4, -0.2) is 19.5 Å². The van der Waals surface area contributed by atoms with Gasteiger partial charge in [-0.25, -0.2) is 15.0 Å². The van der Waals surface area contributed by atoms with Crippen LogP contribution in [0.1, 0.15) is 25.0 Å². The van der Waals surface area contributed by atoms with E-state index in [1.165, 1.54) is 22.3 Å². The normalized spacial score (nSPS) is 13.1. The van der Waals surface area contributed by atoms with Gasteiger partial charge in [-0.1, -0.05) is 147 Å². The standard InChI is InChI=1S/C54H36N4O/c1-54(2)44-25-11-9-23-39(44)42-31-43-40-27-28-47-49(50(40)59-48(43)32-45(42)54)41-24-10-12-26-46(41)58(47)38-22-14-21-37(30-38)53-56-51(34-17-7-4-8-18-34)55-52(57-53)36-20-13-19-35(29-36)33-15-5-3-6-16-33/h3-32H,1-2H3. The minimum Gasteiger partial charge on any atom is -0.455 e. The average molecular weight is 757 g/mol. The molecule has 0 radical (unpaired) electrons. The highest BCUT2D eigenvalue weighted by atomic mass is 16.3. The zero-order valence-electron chi connectivity index (χ0n) is 32.5. The predicted molar refractivity (Wildman–Crippen MR) is 241 cm³/mol. The van der Waals surface area contributed by atoms with E-state index in [1.807, 2.05) is 36.4 Å². The Hall–Kier alpha value is -7.63. The van der Waals surface area contributed by atoms with Crippen LogP contribution in [0.5, 0.6) is 0 Å². The largest absolute Gasteiger partial charge is 0.455 e. The van der Waals surface area contributed by atoms with Crippen molar-refractivity contribution in [1.29, 1.82) is 0 Å². The second kappa shape index (κ2) is 12.7. The molecule has 0 saturated heterocycles. The third-order valence-corrected chi connectivity index (χ3v) is 12.2. The Morgan fingerprint density at radius 3 is 1.85 bits per heavy atom. The summed E-state index contributed by atoms with van der Waals surface area (Å²) < 4.78 is 9.28. The van der Waals surface area contributed by atoms with E-state index in [0.29, 0.717) is 17.5 Å². The van der Waals surface area contributed by atoms with E-state index in [2.05, 4.69) is 164 Å². The van der Waals surface area contributed by atoms with E-state index >= 15 is 0 Å². The highest BCUT2D eigenvalue weighted by Crippen LogP contribution is 2.51. The number of hydrogen-bond donors (Lipinski definition) is 0. The lowest BCUT2D eigenvalue weighted by Gasteiger charge is -2.21. The molecule has 0 saturated carbocycles. The first-order valence-corrected chi connectivity index (χ1v) is 20.1. The van der Waals surface area contributed by atoms with Crippen molar-refractivity contribution in [1.82, 2.24) is 19.5 Å². The SMILES string of the molecule is CC1(C)c2ccccc2-c2cc3c(cc21)oc1c3ccc2c1c1ccccc1n2-c1cccc(-c2nc(-c3ccccc3)nc(-c3cccc(-c4ccccc4)c3)n2)c1. The van der Waals surface area contributed by atoms with Crippen molar-refractivity contribution in [2.75, 3.05) is 0 Å². The van der Waals surface area contributed by atoms with Crippen molar-refractivity contribution >= 4 is 43.7 Å². The highest BCUT2D eigenvalue weighted by Gasteiger charge is 2.36. The minimum atomic E-state index is -0.108. The second-order valence-electron chi connectivity index (χ2n) is 16.0. The van der Waals surface area contributed by atoms with Gasteiger partial charge >= 0.3 is 0 Å². The number of rotatable bonds is 5. The molecule has 11 aromatic rings. The van der Waals surface area contributed by atoms with Crippen molar-refractivity contribution in [3.05, 3.63) is 193 Å². The van der Waals surface area contributed by atoms with Gasteiger partial charge in [0.1, 0.15) is 11.2 Å². The molecule has 0 amide bonds. The van der Waals surface area contributed by atoms with E-state index in [0.717, 1.165) is 77.2 Å². The highest BCUT2D eigenvalue weighted by molar-refractivity contribution is 6.24. The summed E-state index contributed by atoms with van der Waals surface area (Å²) in [5.74, 6) is 1.86. The van der Waals surface area contributed by atoms with Crippen LogP contribution in [0.2, 0.25) is 0 Å². The number of benzene rings is 8. The van der Waals surface area contributed by atoms with Crippen LogP contribution < -0.4 is 0 Å². The topological polar surface area (TPSA) is 56.7 Å². The summed E-state index contributed by atoms with van der Waals surface area (Å²) in [5.41, 5.74) is 15.2. The maximum Gasteiger partial charge on any atom is 0.164 e. The molecule has 12 rings (SSSR count). The lowest BCUT2D eigenvalue weighted by atomic mass is 9.82. The molecule has 0 N–H and O–H groups in total. The molecule has 0 fully saturated rings. The summed E-state index contributed by atoms with van der Waals surface area (Å²) in [7, 11) is 0. The summed E-state index contributed by atoms with van der Waals surface area (Å²) in [6, 6.07) is 64.0. The Labute approximate surface area is 340 Å². The average Bonchev–Trinajstić information content (AvgIpc) is 3.91. The Balaban J connectivity index is 1.03. The molecule has 59 heavy (non-hydrogen) atoms. The van der Waals surface area contributed by atoms with Gasteiger partial charge in [0.05, 0.1) is 16.4 Å². The third kappa shape index (κ3) is 5.14. The van der Waals surface area contributed by atoms with Crippen LogP contribution in [0.15, 0.2) is 186 Å². The summed E-state index contributed by atoms with van der Waals surface area (Å²) in [6.45, 7) is 4.63. The second-order valence-corrected chi connectivity index (χ2v) is 16.0. The van der Waals surface area contributed by atoms with Crippen LogP contribution in [0.3, 0.4) is 0 Å². The van der Waals surface area contributed by atoms with Crippen LogP contribution in [-0.2, 0) is 5.41 Å². The summed E-state index contributed by atoms with van der Waals surface area (Å²) >= 11 is 0. The van der Waals surface area contributed by atoms with Crippen LogP contribution in [0.25, 0.3) is 106 Å². The van der Waals surface area contributed by atoms with E-state index in [-0.39, 0.29) is 5.41 Å². The first-order chi connectivity index (χ1) is 29.0. The lowest BCUT2D eigenvalue weighted by Crippen LogP contribution is -2.14.